The quantitative estimate of drug-likeness (QED) is 0.930. The van der Waals surface area contributed by atoms with Crippen LogP contribution in [0.1, 0.15) is 36.8 Å². The van der Waals surface area contributed by atoms with Gasteiger partial charge in [0.15, 0.2) is 5.13 Å². The Kier molecular flexibility index (Phi) is 4.78. The highest BCUT2D eigenvalue weighted by Gasteiger charge is 2.17. The minimum absolute atomic E-state index is 0.508. The van der Waals surface area contributed by atoms with Crippen LogP contribution >= 0.6 is 11.3 Å². The van der Waals surface area contributed by atoms with E-state index in [1.807, 2.05) is 32.9 Å². The van der Waals surface area contributed by atoms with E-state index in [0.717, 1.165) is 10.4 Å². The van der Waals surface area contributed by atoms with Crippen LogP contribution in [-0.4, -0.2) is 16.7 Å². The Morgan fingerprint density at radius 1 is 1.36 bits per heavy atom. The normalized spacial score (nSPS) is 10.8. The van der Waals surface area contributed by atoms with Gasteiger partial charge < -0.3 is 4.74 Å². The molecule has 1 aromatic carbocycles. The van der Waals surface area contributed by atoms with E-state index in [-0.39, 0.29) is 0 Å². The van der Waals surface area contributed by atoms with E-state index < -0.39 is 11.7 Å². The number of ether oxygens (including phenoxy) is 1. The molecule has 0 bridgehead atoms. The summed E-state index contributed by atoms with van der Waals surface area (Å²) >= 11 is 1.40. The first kappa shape index (κ1) is 16.0. The summed E-state index contributed by atoms with van der Waals surface area (Å²) in [4.78, 5) is 16.9. The van der Waals surface area contributed by atoms with E-state index in [1.165, 1.54) is 11.3 Å². The molecule has 0 spiro atoms. The first-order valence-electron chi connectivity index (χ1n) is 6.79. The lowest BCUT2D eigenvalue weighted by molar-refractivity contribution is 0.0636. The maximum absolute atomic E-state index is 11.7. The minimum Gasteiger partial charge on any atom is -0.444 e. The Hall–Kier alpha value is -2.39. The fourth-order valence-electron chi connectivity index (χ4n) is 1.74. The summed E-state index contributed by atoms with van der Waals surface area (Å²) in [7, 11) is 0. The second-order valence-corrected chi connectivity index (χ2v) is 6.86. The Morgan fingerprint density at radius 3 is 2.64 bits per heavy atom. The van der Waals surface area contributed by atoms with Gasteiger partial charge in [-0.2, -0.15) is 5.26 Å². The fraction of sp³-hybridized carbons (Fsp3) is 0.312. The molecule has 1 heterocycles. The van der Waals surface area contributed by atoms with Gasteiger partial charge in [-0.3, -0.25) is 5.32 Å². The van der Waals surface area contributed by atoms with Crippen LogP contribution in [-0.2, 0) is 11.2 Å². The number of nitriles is 1. The van der Waals surface area contributed by atoms with Crippen LogP contribution in [0, 0.1) is 11.3 Å². The van der Waals surface area contributed by atoms with Gasteiger partial charge >= 0.3 is 6.09 Å². The Balaban J connectivity index is 1.96. The third kappa shape index (κ3) is 4.86. The summed E-state index contributed by atoms with van der Waals surface area (Å²) in [6, 6.07) is 9.50. The predicted octanol–water partition coefficient (Wildman–Crippen LogP) is 3.95. The molecule has 6 heteroatoms. The molecule has 2 rings (SSSR count). The highest BCUT2D eigenvalue weighted by atomic mass is 32.1. The standard InChI is InChI=1S/C16H17N3O2S/c1-16(2,3)21-15(20)19-14-18-10-13(22-14)8-11-4-6-12(9-17)7-5-11/h4-7,10H,8H2,1-3H3,(H,18,19,20). The molecule has 0 atom stereocenters. The van der Waals surface area contributed by atoms with E-state index >= 15 is 0 Å². The second kappa shape index (κ2) is 6.58. The van der Waals surface area contributed by atoms with Crippen molar-refractivity contribution in [2.45, 2.75) is 32.8 Å². The molecule has 0 aliphatic heterocycles. The summed E-state index contributed by atoms with van der Waals surface area (Å²) in [6.45, 7) is 5.43. The summed E-state index contributed by atoms with van der Waals surface area (Å²) in [5, 5.41) is 11.9. The van der Waals surface area contributed by atoms with E-state index in [9.17, 15) is 4.79 Å². The van der Waals surface area contributed by atoms with Crippen molar-refractivity contribution in [2.24, 2.45) is 0 Å². The number of aromatic nitrogens is 1. The van der Waals surface area contributed by atoms with Crippen LogP contribution in [0.15, 0.2) is 30.5 Å². The number of rotatable bonds is 3. The largest absolute Gasteiger partial charge is 0.444 e. The molecule has 22 heavy (non-hydrogen) atoms. The zero-order valence-electron chi connectivity index (χ0n) is 12.7. The SMILES string of the molecule is CC(C)(C)OC(=O)Nc1ncc(Cc2ccc(C#N)cc2)s1. The molecule has 1 amide bonds. The Labute approximate surface area is 133 Å². The molecular weight excluding hydrogens is 298 g/mol. The topological polar surface area (TPSA) is 75.0 Å². The lowest BCUT2D eigenvalue weighted by atomic mass is 10.1. The van der Waals surface area contributed by atoms with Crippen molar-refractivity contribution in [2.75, 3.05) is 5.32 Å². The van der Waals surface area contributed by atoms with Crippen molar-refractivity contribution in [3.05, 3.63) is 46.5 Å². The summed E-state index contributed by atoms with van der Waals surface area (Å²) in [6.07, 6.45) is 1.93. The minimum atomic E-state index is -0.535. The molecule has 5 nitrogen and oxygen atoms in total. The van der Waals surface area contributed by atoms with Gasteiger partial charge in [0.1, 0.15) is 5.60 Å². The average molecular weight is 315 g/mol. The van der Waals surface area contributed by atoms with Crippen molar-refractivity contribution in [3.8, 4) is 6.07 Å². The predicted molar refractivity (Wildman–Crippen MR) is 85.9 cm³/mol. The van der Waals surface area contributed by atoms with Crippen LogP contribution in [0.25, 0.3) is 0 Å². The molecule has 0 saturated heterocycles. The maximum Gasteiger partial charge on any atom is 0.413 e. The lowest BCUT2D eigenvalue weighted by Crippen LogP contribution is -2.27. The number of hydrogen-bond acceptors (Lipinski definition) is 5. The number of carbonyl (C=O) groups is 1. The van der Waals surface area contributed by atoms with Crippen LogP contribution in [0.5, 0.6) is 0 Å². The molecule has 1 N–H and O–H groups in total. The average Bonchev–Trinajstić information content (AvgIpc) is 2.84. The van der Waals surface area contributed by atoms with Gasteiger partial charge in [-0.1, -0.05) is 12.1 Å². The summed E-state index contributed by atoms with van der Waals surface area (Å²) in [5.41, 5.74) is 1.19. The van der Waals surface area contributed by atoms with Crippen molar-refractivity contribution >= 4 is 22.6 Å². The first-order valence-corrected chi connectivity index (χ1v) is 7.61. The van der Waals surface area contributed by atoms with E-state index in [4.69, 9.17) is 10.00 Å². The molecule has 1 aromatic heterocycles. The molecule has 114 valence electrons. The van der Waals surface area contributed by atoms with Gasteiger partial charge in [-0.25, -0.2) is 9.78 Å². The number of benzene rings is 1. The number of carbonyl (C=O) groups excluding carboxylic acids is 1. The number of amides is 1. The molecule has 0 saturated carbocycles. The smallest absolute Gasteiger partial charge is 0.413 e. The Bertz CT molecular complexity index is 693. The van der Waals surface area contributed by atoms with Crippen molar-refractivity contribution in [3.63, 3.8) is 0 Å². The molecule has 2 aromatic rings. The van der Waals surface area contributed by atoms with Gasteiger partial charge in [0, 0.05) is 17.5 Å². The highest BCUT2D eigenvalue weighted by Crippen LogP contribution is 2.22. The van der Waals surface area contributed by atoms with Crippen LogP contribution in [0.3, 0.4) is 0 Å². The lowest BCUT2D eigenvalue weighted by Gasteiger charge is -2.18. The van der Waals surface area contributed by atoms with Crippen LogP contribution in [0.4, 0.5) is 9.93 Å². The van der Waals surface area contributed by atoms with E-state index in [2.05, 4.69) is 16.4 Å². The molecule has 0 unspecified atom stereocenters. The van der Waals surface area contributed by atoms with E-state index in [1.54, 1.807) is 18.3 Å². The second-order valence-electron chi connectivity index (χ2n) is 5.74. The Morgan fingerprint density at radius 2 is 2.05 bits per heavy atom. The number of nitrogens with zero attached hydrogens (tertiary/aromatic N) is 2. The highest BCUT2D eigenvalue weighted by molar-refractivity contribution is 7.15. The third-order valence-electron chi connectivity index (χ3n) is 2.62. The summed E-state index contributed by atoms with van der Waals surface area (Å²) in [5.74, 6) is 0. The fourth-order valence-corrected chi connectivity index (χ4v) is 2.57. The maximum atomic E-state index is 11.7. The number of anilines is 1. The monoisotopic (exact) mass is 315 g/mol. The van der Waals surface area contributed by atoms with E-state index in [0.29, 0.717) is 17.1 Å². The molecular formula is C16H17N3O2S. The first-order chi connectivity index (χ1) is 10.4. The summed E-state index contributed by atoms with van der Waals surface area (Å²) < 4.78 is 5.18. The third-order valence-corrected chi connectivity index (χ3v) is 3.54. The number of nitrogens with one attached hydrogen (secondary N) is 1. The van der Waals surface area contributed by atoms with Crippen molar-refractivity contribution in [1.29, 1.82) is 5.26 Å². The molecule has 0 aliphatic carbocycles. The zero-order chi connectivity index (χ0) is 16.2. The van der Waals surface area contributed by atoms with Gasteiger partial charge in [0.05, 0.1) is 11.6 Å². The number of thiazole rings is 1. The number of hydrogen-bond donors (Lipinski definition) is 1. The molecule has 0 radical (unpaired) electrons. The molecule has 0 fully saturated rings. The van der Waals surface area contributed by atoms with Gasteiger partial charge in [0.25, 0.3) is 0 Å². The van der Waals surface area contributed by atoms with Gasteiger partial charge in [0.2, 0.25) is 0 Å². The van der Waals surface area contributed by atoms with Crippen molar-refractivity contribution < 1.29 is 9.53 Å². The van der Waals surface area contributed by atoms with Crippen LogP contribution in [0.2, 0.25) is 0 Å². The zero-order valence-corrected chi connectivity index (χ0v) is 13.5. The van der Waals surface area contributed by atoms with Crippen molar-refractivity contribution in [1.82, 2.24) is 4.98 Å². The van der Waals surface area contributed by atoms with Gasteiger partial charge in [-0.15, -0.1) is 11.3 Å². The van der Waals surface area contributed by atoms with Crippen LogP contribution < -0.4 is 5.32 Å². The molecule has 0 aliphatic rings. The van der Waals surface area contributed by atoms with Gasteiger partial charge in [-0.05, 0) is 38.5 Å².